The molecular weight excluding hydrogens is 661 g/mol. The van der Waals surface area contributed by atoms with Crippen LogP contribution in [0.25, 0.3) is 24.3 Å². The molecule has 0 saturated carbocycles. The Hall–Kier alpha value is -5.04. The van der Waals surface area contributed by atoms with Crippen LogP contribution < -0.4 is 14.4 Å². The number of benzene rings is 4. The Balaban J connectivity index is 1.04. The summed E-state index contributed by atoms with van der Waals surface area (Å²) in [4.78, 5) is 9.39. The van der Waals surface area contributed by atoms with Crippen LogP contribution in [0.2, 0.25) is 0 Å². The first kappa shape index (κ1) is 35.8. The van der Waals surface area contributed by atoms with Gasteiger partial charge in [0.05, 0.1) is 5.69 Å². The Morgan fingerprint density at radius 1 is 0.529 bits per heavy atom. The first-order valence-corrected chi connectivity index (χ1v) is 19.9. The molecule has 0 amide bonds. The maximum atomic E-state index is 4.40. The van der Waals surface area contributed by atoms with Crippen LogP contribution >= 0.6 is 21.6 Å². The topological polar surface area (TPSA) is 23.2 Å². The first-order chi connectivity index (χ1) is 25.2. The summed E-state index contributed by atoms with van der Waals surface area (Å²) in [6.07, 6.45) is 12.4. The van der Waals surface area contributed by atoms with Crippen LogP contribution in [0.1, 0.15) is 33.6 Å². The fourth-order valence-electron chi connectivity index (χ4n) is 5.76. The smallest absolute Gasteiger partial charge is 0.204 e. The van der Waals surface area contributed by atoms with Crippen LogP contribution in [0.4, 0.5) is 11.4 Å². The van der Waals surface area contributed by atoms with Crippen molar-refractivity contribution in [2.24, 2.45) is 7.05 Å². The lowest BCUT2D eigenvalue weighted by atomic mass is 10.1. The van der Waals surface area contributed by atoms with Crippen molar-refractivity contribution in [1.82, 2.24) is 4.98 Å². The third-order valence-electron chi connectivity index (χ3n) is 8.60. The number of hydrogen-bond donors (Lipinski definition) is 0. The van der Waals surface area contributed by atoms with E-state index in [1.807, 2.05) is 46.0 Å². The van der Waals surface area contributed by atoms with E-state index in [1.54, 1.807) is 0 Å². The van der Waals surface area contributed by atoms with Crippen molar-refractivity contribution in [3.05, 3.63) is 192 Å². The van der Waals surface area contributed by atoms with Crippen molar-refractivity contribution in [2.45, 2.75) is 13.1 Å². The quantitative estimate of drug-likeness (QED) is 0.0534. The summed E-state index contributed by atoms with van der Waals surface area (Å²) in [6.45, 7) is 3.72. The van der Waals surface area contributed by atoms with Crippen LogP contribution in [-0.2, 0) is 20.1 Å². The van der Waals surface area contributed by atoms with E-state index in [4.69, 9.17) is 0 Å². The lowest BCUT2D eigenvalue weighted by Crippen LogP contribution is -2.30. The lowest BCUT2D eigenvalue weighted by molar-refractivity contribution is -0.673. The molecule has 0 fully saturated rings. The summed E-state index contributed by atoms with van der Waals surface area (Å²) in [6, 6.07) is 51.6. The van der Waals surface area contributed by atoms with E-state index in [0.29, 0.717) is 0 Å². The number of pyridine rings is 2. The summed E-state index contributed by atoms with van der Waals surface area (Å²) in [7, 11) is 6.01. The minimum atomic E-state index is 0.884. The number of rotatable bonds is 17. The predicted octanol–water partition coefficient (Wildman–Crippen LogP) is 10.3. The van der Waals surface area contributed by atoms with Crippen LogP contribution in [0, 0.1) is 0 Å². The molecule has 0 atom stereocenters. The molecule has 6 aromatic rings. The summed E-state index contributed by atoms with van der Waals surface area (Å²) in [5.74, 6) is 2.08. The zero-order valence-electron chi connectivity index (χ0n) is 29.2. The maximum Gasteiger partial charge on any atom is 0.204 e. The van der Waals surface area contributed by atoms with Gasteiger partial charge in [0.25, 0.3) is 0 Å². The molecule has 0 aliphatic heterocycles. The number of hydrogen-bond acceptors (Lipinski definition) is 5. The molecule has 0 radical (unpaired) electrons. The summed E-state index contributed by atoms with van der Waals surface area (Å²) < 4.78 is 2.13. The Bertz CT molecular complexity index is 1950. The SMILES string of the molecule is C[n+]1ccccc1/C=C/c1ccc(N(CCSSCCN(Cc2ccccc2)c2ccc(/C=C/c3ccccn3)cc2)Cc2ccccc2)cc1. The van der Waals surface area contributed by atoms with E-state index in [-0.39, 0.29) is 0 Å². The van der Waals surface area contributed by atoms with Gasteiger partial charge >= 0.3 is 0 Å². The molecule has 6 heteroatoms. The van der Waals surface area contributed by atoms with Gasteiger partial charge in [0.1, 0.15) is 7.05 Å². The fraction of sp³-hybridized carbons (Fsp3) is 0.156. The third-order valence-corrected chi connectivity index (χ3v) is 11.0. The Morgan fingerprint density at radius 3 is 1.55 bits per heavy atom. The maximum absolute atomic E-state index is 4.40. The van der Waals surface area contributed by atoms with E-state index < -0.39 is 0 Å². The van der Waals surface area contributed by atoms with E-state index in [0.717, 1.165) is 43.4 Å². The molecule has 0 spiro atoms. The third kappa shape index (κ3) is 11.5. The second kappa shape index (κ2) is 19.4. The highest BCUT2D eigenvalue weighted by atomic mass is 33.1. The molecule has 0 aliphatic rings. The van der Waals surface area contributed by atoms with E-state index >= 15 is 0 Å². The Labute approximate surface area is 311 Å². The fourth-order valence-corrected chi connectivity index (χ4v) is 7.74. The molecule has 256 valence electrons. The van der Waals surface area contributed by atoms with Gasteiger partial charge in [-0.15, -0.1) is 0 Å². The number of aromatic nitrogens is 2. The van der Waals surface area contributed by atoms with Gasteiger partial charge in [-0.2, -0.15) is 0 Å². The van der Waals surface area contributed by atoms with Gasteiger partial charge in [0.2, 0.25) is 5.69 Å². The number of aryl methyl sites for hydroxylation is 1. The van der Waals surface area contributed by atoms with E-state index in [1.165, 1.54) is 39.3 Å². The molecule has 51 heavy (non-hydrogen) atoms. The van der Waals surface area contributed by atoms with Crippen molar-refractivity contribution in [1.29, 1.82) is 0 Å². The molecule has 0 bridgehead atoms. The Morgan fingerprint density at radius 2 is 1.04 bits per heavy atom. The molecular formula is C45H45N4S2+. The van der Waals surface area contributed by atoms with Crippen LogP contribution in [-0.4, -0.2) is 29.6 Å². The van der Waals surface area contributed by atoms with Crippen molar-refractivity contribution >= 4 is 57.3 Å². The van der Waals surface area contributed by atoms with Gasteiger partial charge in [-0.05, 0) is 76.9 Å². The summed E-state index contributed by atoms with van der Waals surface area (Å²) in [5.41, 5.74) is 9.64. The number of nitrogens with zero attached hydrogens (tertiary/aromatic N) is 4. The standard InChI is InChI=1S/C45H45N4S2/c1-47-31-11-9-17-43(47)25-19-39-22-28-45(29-23-39)49(37-41-14-6-3-7-15-41)33-35-51-50-34-32-48(36-40-12-4-2-5-13-40)44-26-20-38(21-27-44)18-24-42-16-8-10-30-46-42/h2-31H,32-37H2,1H3/q+1/b24-18+. The molecule has 0 unspecified atom stereocenters. The predicted molar refractivity (Wildman–Crippen MR) is 222 cm³/mol. The lowest BCUT2D eigenvalue weighted by Gasteiger charge is -2.26. The molecule has 2 heterocycles. The van der Waals surface area contributed by atoms with Crippen LogP contribution in [0.15, 0.2) is 158 Å². The molecule has 4 aromatic carbocycles. The highest BCUT2D eigenvalue weighted by Gasteiger charge is 2.11. The summed E-state index contributed by atoms with van der Waals surface area (Å²) in [5, 5.41) is 0. The second-order valence-corrected chi connectivity index (χ2v) is 15.0. The second-order valence-electron chi connectivity index (χ2n) is 12.3. The van der Waals surface area contributed by atoms with Crippen molar-refractivity contribution < 1.29 is 4.57 Å². The van der Waals surface area contributed by atoms with Crippen molar-refractivity contribution in [2.75, 3.05) is 34.4 Å². The van der Waals surface area contributed by atoms with Gasteiger partial charge in [-0.25, -0.2) is 4.57 Å². The minimum absolute atomic E-state index is 0.884. The zero-order valence-corrected chi connectivity index (χ0v) is 30.8. The van der Waals surface area contributed by atoms with Gasteiger partial charge in [-0.1, -0.05) is 119 Å². The van der Waals surface area contributed by atoms with Crippen LogP contribution in [0.3, 0.4) is 0 Å². The van der Waals surface area contributed by atoms with Crippen molar-refractivity contribution in [3.63, 3.8) is 0 Å². The highest BCUT2D eigenvalue weighted by molar-refractivity contribution is 8.76. The van der Waals surface area contributed by atoms with Crippen molar-refractivity contribution in [3.8, 4) is 0 Å². The normalized spacial score (nSPS) is 11.3. The minimum Gasteiger partial charge on any atom is -0.366 e. The van der Waals surface area contributed by atoms with E-state index in [9.17, 15) is 0 Å². The average Bonchev–Trinajstić information content (AvgIpc) is 3.19. The molecule has 6 rings (SSSR count). The van der Waals surface area contributed by atoms with Gasteiger partial charge < -0.3 is 9.80 Å². The Kier molecular flexibility index (Phi) is 13.6. The van der Waals surface area contributed by atoms with Crippen LogP contribution in [0.5, 0.6) is 0 Å². The highest BCUT2D eigenvalue weighted by Crippen LogP contribution is 2.26. The van der Waals surface area contributed by atoms with Gasteiger partial charge in [0, 0.05) is 73.5 Å². The average molecular weight is 706 g/mol. The molecule has 2 aromatic heterocycles. The molecule has 4 nitrogen and oxygen atoms in total. The largest absolute Gasteiger partial charge is 0.366 e. The molecule has 0 aliphatic carbocycles. The monoisotopic (exact) mass is 705 g/mol. The zero-order chi connectivity index (χ0) is 34.9. The molecule has 0 N–H and O–H groups in total. The summed E-state index contributed by atoms with van der Waals surface area (Å²) >= 11 is 0. The van der Waals surface area contributed by atoms with E-state index in [2.05, 4.69) is 184 Å². The first-order valence-electron chi connectivity index (χ1n) is 17.4. The number of anilines is 2. The van der Waals surface area contributed by atoms with Gasteiger partial charge in [0.15, 0.2) is 6.20 Å². The molecule has 0 saturated heterocycles. The van der Waals surface area contributed by atoms with Gasteiger partial charge in [-0.3, -0.25) is 4.98 Å².